The van der Waals surface area contributed by atoms with Gasteiger partial charge in [-0.05, 0) is 36.8 Å². The summed E-state index contributed by atoms with van der Waals surface area (Å²) in [6.45, 7) is 3.01. The highest BCUT2D eigenvalue weighted by atomic mass is 16.5. The van der Waals surface area contributed by atoms with Crippen LogP contribution in [0, 0.1) is 5.92 Å². The summed E-state index contributed by atoms with van der Waals surface area (Å²) in [4.78, 5) is 4.15. The zero-order valence-corrected chi connectivity index (χ0v) is 14.5. The van der Waals surface area contributed by atoms with Crippen LogP contribution in [0.15, 0.2) is 24.5 Å². The third-order valence-corrected chi connectivity index (χ3v) is 4.21. The Labute approximate surface area is 136 Å². The molecule has 1 aromatic heterocycles. The molecule has 0 aliphatic rings. The Morgan fingerprint density at radius 3 is 2.27 bits per heavy atom. The van der Waals surface area contributed by atoms with Crippen molar-refractivity contribution >= 4 is 0 Å². The smallest absolute Gasteiger partial charge is 0.0299 e. The highest BCUT2D eigenvalue weighted by Gasteiger charge is 2.03. The molecule has 1 rings (SSSR count). The Bertz CT molecular complexity index is 354. The van der Waals surface area contributed by atoms with E-state index in [1.807, 2.05) is 18.5 Å². The zero-order chi connectivity index (χ0) is 16.0. The molecule has 1 N–H and O–H groups in total. The molecule has 1 aromatic rings. The van der Waals surface area contributed by atoms with Crippen LogP contribution in [-0.2, 0) is 6.42 Å². The molecule has 1 atom stereocenters. The summed E-state index contributed by atoms with van der Waals surface area (Å²) < 4.78 is 0. The van der Waals surface area contributed by atoms with Gasteiger partial charge in [-0.25, -0.2) is 0 Å². The fourth-order valence-corrected chi connectivity index (χ4v) is 2.97. The normalized spacial score (nSPS) is 12.7. The van der Waals surface area contributed by atoms with Crippen molar-refractivity contribution in [3.8, 4) is 0 Å². The van der Waals surface area contributed by atoms with Gasteiger partial charge < -0.3 is 5.21 Å². The lowest BCUT2D eigenvalue weighted by Crippen LogP contribution is -2.20. The Kier molecular flexibility index (Phi) is 10.9. The third-order valence-electron chi connectivity index (χ3n) is 4.21. The first-order chi connectivity index (χ1) is 10.7. The highest BCUT2D eigenvalue weighted by molar-refractivity contribution is 5.08. The van der Waals surface area contributed by atoms with Gasteiger partial charge in [0, 0.05) is 26.0 Å². The molecule has 0 saturated heterocycles. The average molecular weight is 306 g/mol. The Hall–Kier alpha value is -0.930. The van der Waals surface area contributed by atoms with Crippen molar-refractivity contribution in [3.05, 3.63) is 30.1 Å². The molecular formula is C19H34N2O. The van der Waals surface area contributed by atoms with Gasteiger partial charge in [0.1, 0.15) is 0 Å². The van der Waals surface area contributed by atoms with E-state index in [1.54, 1.807) is 7.05 Å². The summed E-state index contributed by atoms with van der Waals surface area (Å²) in [5.41, 5.74) is 1.37. The molecule has 0 amide bonds. The van der Waals surface area contributed by atoms with Crippen LogP contribution in [0.4, 0.5) is 0 Å². The second-order valence-electron chi connectivity index (χ2n) is 6.67. The Morgan fingerprint density at radius 1 is 1.05 bits per heavy atom. The predicted molar refractivity (Wildman–Crippen MR) is 93.1 cm³/mol. The number of rotatable bonds is 13. The van der Waals surface area contributed by atoms with Gasteiger partial charge in [-0.1, -0.05) is 57.9 Å². The van der Waals surface area contributed by atoms with Crippen LogP contribution in [0.3, 0.4) is 0 Å². The Morgan fingerprint density at radius 2 is 1.68 bits per heavy atom. The standard InChI is InChI=1S/C19H34N2O/c1-18(17-21(2)22)12-9-7-5-3-4-6-8-10-13-19-14-11-15-20-16-19/h11,14-16,18,22H,3-10,12-13,17H2,1-2H3. The van der Waals surface area contributed by atoms with Gasteiger partial charge in [-0.15, -0.1) is 0 Å². The van der Waals surface area contributed by atoms with E-state index in [0.29, 0.717) is 5.92 Å². The van der Waals surface area contributed by atoms with Crippen molar-refractivity contribution in [1.82, 2.24) is 10.0 Å². The third kappa shape index (κ3) is 10.7. The van der Waals surface area contributed by atoms with E-state index in [4.69, 9.17) is 5.21 Å². The van der Waals surface area contributed by atoms with Crippen LogP contribution in [-0.4, -0.2) is 28.8 Å². The first kappa shape index (κ1) is 19.1. The van der Waals surface area contributed by atoms with Crippen LogP contribution in [0.1, 0.15) is 70.3 Å². The fourth-order valence-electron chi connectivity index (χ4n) is 2.97. The summed E-state index contributed by atoms with van der Waals surface area (Å²) >= 11 is 0. The first-order valence-corrected chi connectivity index (χ1v) is 8.97. The molecule has 1 heterocycles. The van der Waals surface area contributed by atoms with E-state index >= 15 is 0 Å². The Balaban J connectivity index is 1.82. The van der Waals surface area contributed by atoms with Crippen molar-refractivity contribution in [2.24, 2.45) is 5.92 Å². The summed E-state index contributed by atoms with van der Waals surface area (Å²) in [5.74, 6) is 0.600. The topological polar surface area (TPSA) is 36.4 Å². The maximum absolute atomic E-state index is 9.17. The van der Waals surface area contributed by atoms with E-state index < -0.39 is 0 Å². The molecule has 0 saturated carbocycles. The van der Waals surface area contributed by atoms with Gasteiger partial charge in [-0.2, -0.15) is 5.06 Å². The first-order valence-electron chi connectivity index (χ1n) is 8.97. The van der Waals surface area contributed by atoms with Gasteiger partial charge in [0.15, 0.2) is 0 Å². The number of pyridine rings is 1. The van der Waals surface area contributed by atoms with Crippen molar-refractivity contribution in [2.45, 2.75) is 71.1 Å². The maximum atomic E-state index is 9.17. The minimum absolute atomic E-state index is 0.600. The van der Waals surface area contributed by atoms with Crippen LogP contribution in [0.25, 0.3) is 0 Å². The second-order valence-corrected chi connectivity index (χ2v) is 6.67. The van der Waals surface area contributed by atoms with E-state index in [-0.39, 0.29) is 0 Å². The van der Waals surface area contributed by atoms with Gasteiger partial charge in [-0.3, -0.25) is 4.98 Å². The van der Waals surface area contributed by atoms with E-state index in [0.717, 1.165) is 6.54 Å². The van der Waals surface area contributed by atoms with Crippen molar-refractivity contribution in [3.63, 3.8) is 0 Å². The second kappa shape index (κ2) is 12.6. The molecule has 0 spiro atoms. The SMILES string of the molecule is CC(CCCCCCCCCCc1cccnc1)CN(C)O. The van der Waals surface area contributed by atoms with Crippen LogP contribution in [0.2, 0.25) is 0 Å². The molecule has 0 aliphatic carbocycles. The van der Waals surface area contributed by atoms with Crippen LogP contribution >= 0.6 is 0 Å². The van der Waals surface area contributed by atoms with Crippen molar-refractivity contribution < 1.29 is 5.21 Å². The maximum Gasteiger partial charge on any atom is 0.0299 e. The van der Waals surface area contributed by atoms with Gasteiger partial charge in [0.2, 0.25) is 0 Å². The van der Waals surface area contributed by atoms with Gasteiger partial charge >= 0.3 is 0 Å². The number of nitrogens with zero attached hydrogens (tertiary/aromatic N) is 2. The lowest BCUT2D eigenvalue weighted by molar-refractivity contribution is -0.0752. The zero-order valence-electron chi connectivity index (χ0n) is 14.5. The monoisotopic (exact) mass is 306 g/mol. The van der Waals surface area contributed by atoms with Crippen LogP contribution in [0.5, 0.6) is 0 Å². The lowest BCUT2D eigenvalue weighted by atomic mass is 10.0. The van der Waals surface area contributed by atoms with Gasteiger partial charge in [0.25, 0.3) is 0 Å². The predicted octanol–water partition coefficient (Wildman–Crippen LogP) is 5.09. The van der Waals surface area contributed by atoms with Crippen molar-refractivity contribution in [1.29, 1.82) is 0 Å². The summed E-state index contributed by atoms with van der Waals surface area (Å²) in [5, 5.41) is 10.5. The highest BCUT2D eigenvalue weighted by Crippen LogP contribution is 2.14. The summed E-state index contributed by atoms with van der Waals surface area (Å²) in [6, 6.07) is 4.19. The average Bonchev–Trinajstić information content (AvgIpc) is 2.49. The molecule has 126 valence electrons. The number of hydrogen-bond donors (Lipinski definition) is 1. The molecule has 0 fully saturated rings. The molecule has 0 bridgehead atoms. The van der Waals surface area contributed by atoms with Crippen LogP contribution < -0.4 is 0 Å². The summed E-state index contributed by atoms with van der Waals surface area (Å²) in [6.07, 6.45) is 17.0. The largest absolute Gasteiger partial charge is 0.314 e. The molecule has 3 heteroatoms. The van der Waals surface area contributed by atoms with E-state index in [2.05, 4.69) is 18.0 Å². The number of hydroxylamine groups is 2. The molecule has 22 heavy (non-hydrogen) atoms. The molecule has 0 aliphatic heterocycles. The molecular weight excluding hydrogens is 272 g/mol. The van der Waals surface area contributed by atoms with E-state index in [1.165, 1.54) is 74.8 Å². The number of aromatic nitrogens is 1. The van der Waals surface area contributed by atoms with Gasteiger partial charge in [0.05, 0.1) is 0 Å². The fraction of sp³-hybridized carbons (Fsp3) is 0.737. The molecule has 0 aromatic carbocycles. The lowest BCUT2D eigenvalue weighted by Gasteiger charge is -2.14. The molecule has 3 nitrogen and oxygen atoms in total. The minimum atomic E-state index is 0.600. The number of aryl methyl sites for hydroxylation is 1. The quantitative estimate of drug-likeness (QED) is 0.407. The van der Waals surface area contributed by atoms with E-state index in [9.17, 15) is 0 Å². The molecule has 0 radical (unpaired) electrons. The number of hydrogen-bond acceptors (Lipinski definition) is 3. The minimum Gasteiger partial charge on any atom is -0.314 e. The van der Waals surface area contributed by atoms with Crippen molar-refractivity contribution in [2.75, 3.05) is 13.6 Å². The number of unbranched alkanes of at least 4 members (excludes halogenated alkanes) is 7. The summed E-state index contributed by atoms with van der Waals surface area (Å²) in [7, 11) is 1.73. The molecule has 1 unspecified atom stereocenters.